The third kappa shape index (κ3) is 3.62. The standard InChI is InChI=1S/C19H15NO3.ClH/c20-12-18(21)14-8-10-15(11-9-14)23-19(22)17-7-3-5-13-4-1-2-6-16(13)17;/h1-11H,12,20H2;1H. The Kier molecular flexibility index (Phi) is 5.68. The Morgan fingerprint density at radius 3 is 2.25 bits per heavy atom. The van der Waals surface area contributed by atoms with Crippen molar-refractivity contribution in [3.8, 4) is 5.75 Å². The first kappa shape index (κ1) is 17.7. The quantitative estimate of drug-likeness (QED) is 0.447. The van der Waals surface area contributed by atoms with Gasteiger partial charge in [-0.15, -0.1) is 12.4 Å². The molecule has 0 saturated heterocycles. The van der Waals surface area contributed by atoms with Crippen LogP contribution in [0.5, 0.6) is 5.75 Å². The highest BCUT2D eigenvalue weighted by atomic mass is 35.5. The first-order valence-corrected chi connectivity index (χ1v) is 7.22. The fourth-order valence-corrected chi connectivity index (χ4v) is 2.39. The molecule has 0 atom stereocenters. The van der Waals surface area contributed by atoms with E-state index in [1.165, 1.54) is 0 Å². The van der Waals surface area contributed by atoms with Gasteiger partial charge in [0, 0.05) is 5.56 Å². The summed E-state index contributed by atoms with van der Waals surface area (Å²) in [5.74, 6) is -0.201. The first-order valence-electron chi connectivity index (χ1n) is 7.22. The van der Waals surface area contributed by atoms with Crippen LogP contribution in [0.15, 0.2) is 66.7 Å². The highest BCUT2D eigenvalue weighted by Gasteiger charge is 2.12. The fourth-order valence-electron chi connectivity index (χ4n) is 2.39. The number of ketones is 1. The van der Waals surface area contributed by atoms with Crippen molar-refractivity contribution in [1.82, 2.24) is 0 Å². The number of Topliss-reactive ketones (excluding diaryl/α,β-unsaturated/α-hetero) is 1. The molecule has 4 nitrogen and oxygen atoms in total. The highest BCUT2D eigenvalue weighted by molar-refractivity contribution is 6.05. The molecular weight excluding hydrogens is 326 g/mol. The van der Waals surface area contributed by atoms with Crippen molar-refractivity contribution in [3.05, 3.63) is 77.9 Å². The average Bonchev–Trinajstić information content (AvgIpc) is 2.61. The van der Waals surface area contributed by atoms with Gasteiger partial charge in [0.2, 0.25) is 0 Å². The van der Waals surface area contributed by atoms with E-state index in [0.29, 0.717) is 16.9 Å². The molecule has 0 aliphatic rings. The average molecular weight is 342 g/mol. The number of carbonyl (C=O) groups excluding carboxylic acids is 2. The van der Waals surface area contributed by atoms with Crippen molar-refractivity contribution in [3.63, 3.8) is 0 Å². The van der Waals surface area contributed by atoms with Crippen molar-refractivity contribution < 1.29 is 14.3 Å². The third-order valence-electron chi connectivity index (χ3n) is 3.58. The summed E-state index contributed by atoms with van der Waals surface area (Å²) in [6.07, 6.45) is 0. The topological polar surface area (TPSA) is 69.4 Å². The van der Waals surface area contributed by atoms with Crippen LogP contribution in [0.4, 0.5) is 0 Å². The second-order valence-electron chi connectivity index (χ2n) is 5.07. The summed E-state index contributed by atoms with van der Waals surface area (Å²) in [5, 5.41) is 1.82. The summed E-state index contributed by atoms with van der Waals surface area (Å²) in [4.78, 5) is 23.9. The Balaban J connectivity index is 0.00000208. The number of fused-ring (bicyclic) bond motifs is 1. The number of nitrogens with two attached hydrogens (primary N) is 1. The number of rotatable bonds is 4. The van der Waals surface area contributed by atoms with E-state index in [2.05, 4.69) is 0 Å². The van der Waals surface area contributed by atoms with Crippen molar-refractivity contribution in [2.75, 3.05) is 6.54 Å². The smallest absolute Gasteiger partial charge is 0.344 e. The van der Waals surface area contributed by atoms with E-state index in [4.69, 9.17) is 10.5 Å². The monoisotopic (exact) mass is 341 g/mol. The summed E-state index contributed by atoms with van der Waals surface area (Å²) in [6, 6.07) is 19.5. The van der Waals surface area contributed by atoms with Gasteiger partial charge in [0.25, 0.3) is 0 Å². The minimum absolute atomic E-state index is 0. The molecule has 0 aliphatic carbocycles. The van der Waals surface area contributed by atoms with Gasteiger partial charge in [-0.2, -0.15) is 0 Å². The minimum Gasteiger partial charge on any atom is -0.423 e. The molecule has 0 amide bonds. The van der Waals surface area contributed by atoms with Crippen LogP contribution in [-0.4, -0.2) is 18.3 Å². The third-order valence-corrected chi connectivity index (χ3v) is 3.58. The van der Waals surface area contributed by atoms with Crippen molar-refractivity contribution in [1.29, 1.82) is 0 Å². The predicted octanol–water partition coefficient (Wildman–Crippen LogP) is 3.62. The summed E-state index contributed by atoms with van der Waals surface area (Å²) in [5.41, 5.74) is 6.32. The fraction of sp³-hybridized carbons (Fsp3) is 0.0526. The van der Waals surface area contributed by atoms with Gasteiger partial charge in [0.1, 0.15) is 5.75 Å². The van der Waals surface area contributed by atoms with Crippen molar-refractivity contribution in [2.45, 2.75) is 0 Å². The molecular formula is C19H16ClNO3. The summed E-state index contributed by atoms with van der Waals surface area (Å²) < 4.78 is 5.40. The van der Waals surface area contributed by atoms with E-state index in [1.807, 2.05) is 36.4 Å². The number of benzene rings is 3. The zero-order chi connectivity index (χ0) is 16.2. The maximum Gasteiger partial charge on any atom is 0.344 e. The van der Waals surface area contributed by atoms with Gasteiger partial charge in [0.15, 0.2) is 5.78 Å². The Bertz CT molecular complexity index is 870. The summed E-state index contributed by atoms with van der Waals surface area (Å²) >= 11 is 0. The number of esters is 1. The van der Waals surface area contributed by atoms with Gasteiger partial charge in [-0.05, 0) is 41.1 Å². The molecule has 3 aromatic rings. The van der Waals surface area contributed by atoms with E-state index in [-0.39, 0.29) is 24.7 Å². The van der Waals surface area contributed by atoms with E-state index in [0.717, 1.165) is 10.8 Å². The van der Waals surface area contributed by atoms with Gasteiger partial charge >= 0.3 is 5.97 Å². The van der Waals surface area contributed by atoms with Crippen LogP contribution in [0, 0.1) is 0 Å². The van der Waals surface area contributed by atoms with E-state index >= 15 is 0 Å². The van der Waals surface area contributed by atoms with Crippen molar-refractivity contribution >= 4 is 34.9 Å². The molecule has 24 heavy (non-hydrogen) atoms. The molecule has 0 saturated carbocycles. The lowest BCUT2D eigenvalue weighted by atomic mass is 10.0. The molecule has 0 aliphatic heterocycles. The lowest BCUT2D eigenvalue weighted by molar-refractivity contribution is 0.0737. The molecule has 0 aromatic heterocycles. The lowest BCUT2D eigenvalue weighted by Crippen LogP contribution is -2.13. The van der Waals surface area contributed by atoms with Crippen LogP contribution in [0.3, 0.4) is 0 Å². The normalized spacial score (nSPS) is 10.0. The van der Waals surface area contributed by atoms with Crippen LogP contribution < -0.4 is 10.5 Å². The Morgan fingerprint density at radius 2 is 1.54 bits per heavy atom. The second-order valence-corrected chi connectivity index (χ2v) is 5.07. The second kappa shape index (κ2) is 7.73. The largest absolute Gasteiger partial charge is 0.423 e. The highest BCUT2D eigenvalue weighted by Crippen LogP contribution is 2.21. The number of carbonyl (C=O) groups is 2. The van der Waals surface area contributed by atoms with Crippen LogP contribution >= 0.6 is 12.4 Å². The van der Waals surface area contributed by atoms with Gasteiger partial charge in [-0.1, -0.05) is 36.4 Å². The summed E-state index contributed by atoms with van der Waals surface area (Å²) in [7, 11) is 0. The first-order chi connectivity index (χ1) is 11.2. The zero-order valence-electron chi connectivity index (χ0n) is 12.8. The molecule has 3 aromatic carbocycles. The van der Waals surface area contributed by atoms with Crippen LogP contribution in [-0.2, 0) is 0 Å². The maximum atomic E-state index is 12.4. The predicted molar refractivity (Wildman–Crippen MR) is 96.0 cm³/mol. The number of halogens is 1. The van der Waals surface area contributed by atoms with E-state index in [9.17, 15) is 9.59 Å². The maximum absolute atomic E-state index is 12.4. The molecule has 2 N–H and O–H groups in total. The SMILES string of the molecule is Cl.NCC(=O)c1ccc(OC(=O)c2cccc3ccccc23)cc1. The van der Waals surface area contributed by atoms with Gasteiger partial charge in [-0.25, -0.2) is 4.79 Å². The molecule has 0 bridgehead atoms. The Morgan fingerprint density at radius 1 is 0.875 bits per heavy atom. The Labute approximate surface area is 145 Å². The molecule has 0 fully saturated rings. The van der Waals surface area contributed by atoms with E-state index < -0.39 is 5.97 Å². The minimum atomic E-state index is -0.431. The molecule has 0 heterocycles. The lowest BCUT2D eigenvalue weighted by Gasteiger charge is -2.07. The number of hydrogen-bond donors (Lipinski definition) is 1. The number of hydrogen-bond acceptors (Lipinski definition) is 4. The molecule has 3 rings (SSSR count). The van der Waals surface area contributed by atoms with Crippen molar-refractivity contribution in [2.24, 2.45) is 5.73 Å². The van der Waals surface area contributed by atoms with Crippen LogP contribution in [0.1, 0.15) is 20.7 Å². The molecule has 5 heteroatoms. The van der Waals surface area contributed by atoms with Gasteiger partial charge in [0.05, 0.1) is 12.1 Å². The van der Waals surface area contributed by atoms with Gasteiger partial charge < -0.3 is 10.5 Å². The number of ether oxygens (including phenoxy) is 1. The molecule has 0 unspecified atom stereocenters. The Hall–Kier alpha value is -2.69. The van der Waals surface area contributed by atoms with Crippen LogP contribution in [0.2, 0.25) is 0 Å². The van der Waals surface area contributed by atoms with Gasteiger partial charge in [-0.3, -0.25) is 4.79 Å². The molecule has 0 spiro atoms. The van der Waals surface area contributed by atoms with E-state index in [1.54, 1.807) is 30.3 Å². The summed E-state index contributed by atoms with van der Waals surface area (Å²) in [6.45, 7) is -0.0465. The van der Waals surface area contributed by atoms with Crippen LogP contribution in [0.25, 0.3) is 10.8 Å². The zero-order valence-corrected chi connectivity index (χ0v) is 13.6. The molecule has 0 radical (unpaired) electrons. The molecule has 122 valence electrons.